The van der Waals surface area contributed by atoms with E-state index >= 15 is 0 Å². The summed E-state index contributed by atoms with van der Waals surface area (Å²) in [6, 6.07) is 10.2. The van der Waals surface area contributed by atoms with Crippen molar-refractivity contribution < 1.29 is 4.79 Å². The molecule has 1 unspecified atom stereocenters. The van der Waals surface area contributed by atoms with Gasteiger partial charge in [-0.05, 0) is 111 Å². The SMILES string of the molecule is CCC(C)CNCCCNc1ccc2c(NC(=O)CC34CC5CC(CC(C5)C3)C4)cccc2n1. The molecule has 0 radical (unpaired) electrons. The molecule has 4 bridgehead atoms. The fourth-order valence-corrected chi connectivity index (χ4v) is 7.33. The Balaban J connectivity index is 1.16. The number of aromatic nitrogens is 1. The molecule has 4 fully saturated rings. The number of hydrogen-bond acceptors (Lipinski definition) is 4. The number of anilines is 2. The lowest BCUT2D eigenvalue weighted by atomic mass is 9.49. The van der Waals surface area contributed by atoms with Crippen molar-refractivity contribution in [2.45, 2.75) is 71.6 Å². The van der Waals surface area contributed by atoms with Gasteiger partial charge in [0.25, 0.3) is 0 Å². The van der Waals surface area contributed by atoms with Gasteiger partial charge in [-0.15, -0.1) is 0 Å². The second-order valence-electron chi connectivity index (χ2n) is 11.7. The fourth-order valence-electron chi connectivity index (χ4n) is 7.33. The molecular weight excluding hydrogens is 420 g/mol. The van der Waals surface area contributed by atoms with Gasteiger partial charge in [-0.25, -0.2) is 4.98 Å². The molecule has 0 saturated heterocycles. The van der Waals surface area contributed by atoms with E-state index in [9.17, 15) is 4.79 Å². The normalized spacial score (nSPS) is 28.2. The maximum absolute atomic E-state index is 13.1. The summed E-state index contributed by atoms with van der Waals surface area (Å²) in [6.07, 6.45) is 11.0. The third kappa shape index (κ3) is 5.40. The van der Waals surface area contributed by atoms with Crippen LogP contribution >= 0.6 is 0 Å². The van der Waals surface area contributed by atoms with Crippen LogP contribution in [0.1, 0.15) is 71.6 Å². The highest BCUT2D eigenvalue weighted by molar-refractivity contribution is 6.01. The minimum Gasteiger partial charge on any atom is -0.370 e. The van der Waals surface area contributed by atoms with Crippen LogP contribution in [-0.2, 0) is 4.79 Å². The summed E-state index contributed by atoms with van der Waals surface area (Å²) in [5, 5.41) is 11.2. The summed E-state index contributed by atoms with van der Waals surface area (Å²) in [5.41, 5.74) is 2.08. The minimum absolute atomic E-state index is 0.182. The quantitative estimate of drug-likeness (QED) is 0.347. The van der Waals surface area contributed by atoms with E-state index in [0.717, 1.165) is 72.1 Å². The molecule has 4 saturated carbocycles. The number of pyridine rings is 1. The molecule has 5 heteroatoms. The van der Waals surface area contributed by atoms with Gasteiger partial charge in [-0.1, -0.05) is 26.3 Å². The van der Waals surface area contributed by atoms with Crippen molar-refractivity contribution in [1.82, 2.24) is 10.3 Å². The maximum atomic E-state index is 13.1. The summed E-state index contributed by atoms with van der Waals surface area (Å²) >= 11 is 0. The molecule has 4 aliphatic carbocycles. The van der Waals surface area contributed by atoms with E-state index in [1.165, 1.54) is 44.9 Å². The van der Waals surface area contributed by atoms with Crippen molar-refractivity contribution in [2.24, 2.45) is 29.1 Å². The van der Waals surface area contributed by atoms with E-state index in [-0.39, 0.29) is 11.3 Å². The lowest BCUT2D eigenvalue weighted by molar-refractivity contribution is -0.124. The molecule has 2 aromatic rings. The van der Waals surface area contributed by atoms with Gasteiger partial charge >= 0.3 is 0 Å². The molecule has 1 heterocycles. The first-order chi connectivity index (χ1) is 16.5. The Morgan fingerprint density at radius 2 is 1.79 bits per heavy atom. The van der Waals surface area contributed by atoms with Crippen LogP contribution in [-0.4, -0.2) is 30.5 Å². The van der Waals surface area contributed by atoms with E-state index in [2.05, 4.69) is 35.9 Å². The number of carbonyl (C=O) groups excluding carboxylic acids is 1. The fraction of sp³-hybridized carbons (Fsp3) is 0.655. The van der Waals surface area contributed by atoms with Crippen LogP contribution in [0, 0.1) is 29.1 Å². The molecule has 3 N–H and O–H groups in total. The molecule has 0 spiro atoms. The van der Waals surface area contributed by atoms with E-state index in [0.29, 0.717) is 6.42 Å². The monoisotopic (exact) mass is 462 g/mol. The van der Waals surface area contributed by atoms with E-state index < -0.39 is 0 Å². The van der Waals surface area contributed by atoms with E-state index in [4.69, 9.17) is 4.98 Å². The standard InChI is InChI=1S/C29H42N4O/c1-3-20(2)19-30-10-5-11-31-27-9-8-24-25(32-27)6-4-7-26(24)33-28(34)18-29-15-21-12-22(16-29)14-23(13-21)17-29/h4,6-9,20-23,30H,3,5,10-19H2,1-2H3,(H,31,32)(H,33,34). The Labute approximate surface area is 204 Å². The van der Waals surface area contributed by atoms with Crippen LogP contribution < -0.4 is 16.0 Å². The van der Waals surface area contributed by atoms with Crippen LogP contribution in [0.3, 0.4) is 0 Å². The summed E-state index contributed by atoms with van der Waals surface area (Å²) in [6.45, 7) is 7.52. The van der Waals surface area contributed by atoms with E-state index in [1.54, 1.807) is 0 Å². The van der Waals surface area contributed by atoms with Gasteiger partial charge in [0, 0.05) is 18.4 Å². The molecule has 6 rings (SSSR count). The first-order valence-corrected chi connectivity index (χ1v) is 13.7. The molecule has 1 amide bonds. The number of benzene rings is 1. The lowest BCUT2D eigenvalue weighted by Crippen LogP contribution is -2.47. The number of nitrogens with zero attached hydrogens (tertiary/aromatic N) is 1. The predicted molar refractivity (Wildman–Crippen MR) is 141 cm³/mol. The molecule has 0 aliphatic heterocycles. The third-order valence-corrected chi connectivity index (χ3v) is 8.73. The summed E-state index contributed by atoms with van der Waals surface area (Å²) < 4.78 is 0. The molecular formula is C29H42N4O. The highest BCUT2D eigenvalue weighted by atomic mass is 16.1. The number of rotatable bonds is 11. The van der Waals surface area contributed by atoms with Crippen molar-refractivity contribution in [1.29, 1.82) is 0 Å². The minimum atomic E-state index is 0.182. The van der Waals surface area contributed by atoms with Crippen molar-refractivity contribution >= 4 is 28.3 Å². The number of amides is 1. The number of hydrogen-bond donors (Lipinski definition) is 3. The summed E-state index contributed by atoms with van der Waals surface area (Å²) in [7, 11) is 0. The average Bonchev–Trinajstić information content (AvgIpc) is 2.79. The highest BCUT2D eigenvalue weighted by Gasteiger charge is 2.51. The Morgan fingerprint density at radius 3 is 2.50 bits per heavy atom. The predicted octanol–water partition coefficient (Wildman–Crippen LogP) is 6.22. The molecule has 34 heavy (non-hydrogen) atoms. The van der Waals surface area contributed by atoms with Gasteiger partial charge < -0.3 is 16.0 Å². The topological polar surface area (TPSA) is 66.0 Å². The van der Waals surface area contributed by atoms with Crippen molar-refractivity contribution in [3.05, 3.63) is 30.3 Å². The van der Waals surface area contributed by atoms with Crippen molar-refractivity contribution in [3.8, 4) is 0 Å². The summed E-state index contributed by atoms with van der Waals surface area (Å²) in [4.78, 5) is 17.9. The van der Waals surface area contributed by atoms with Crippen LogP contribution in [0.4, 0.5) is 11.5 Å². The molecule has 4 aliphatic rings. The van der Waals surface area contributed by atoms with Gasteiger partial charge in [-0.3, -0.25) is 4.79 Å². The second kappa shape index (κ2) is 10.2. The summed E-state index contributed by atoms with van der Waals surface area (Å²) in [5.74, 6) is 4.44. The largest absolute Gasteiger partial charge is 0.370 e. The molecule has 1 atom stereocenters. The Hall–Kier alpha value is -2.14. The van der Waals surface area contributed by atoms with E-state index in [1.807, 2.05) is 24.3 Å². The molecule has 184 valence electrons. The van der Waals surface area contributed by atoms with Gasteiger partial charge in [0.15, 0.2) is 0 Å². The van der Waals surface area contributed by atoms with Gasteiger partial charge in [-0.2, -0.15) is 0 Å². The molecule has 1 aromatic heterocycles. The molecule has 1 aromatic carbocycles. The zero-order valence-electron chi connectivity index (χ0n) is 21.0. The Bertz CT molecular complexity index is 968. The van der Waals surface area contributed by atoms with Crippen LogP contribution in [0.25, 0.3) is 10.9 Å². The zero-order chi connectivity index (χ0) is 23.5. The Morgan fingerprint density at radius 1 is 1.06 bits per heavy atom. The first kappa shape index (κ1) is 23.6. The number of carbonyl (C=O) groups is 1. The van der Waals surface area contributed by atoms with Gasteiger partial charge in [0.2, 0.25) is 5.91 Å². The maximum Gasteiger partial charge on any atom is 0.224 e. The van der Waals surface area contributed by atoms with Crippen LogP contribution in [0.5, 0.6) is 0 Å². The van der Waals surface area contributed by atoms with Gasteiger partial charge in [0.1, 0.15) is 5.82 Å². The highest BCUT2D eigenvalue weighted by Crippen LogP contribution is 2.61. The number of fused-ring (bicyclic) bond motifs is 1. The third-order valence-electron chi connectivity index (χ3n) is 8.73. The lowest BCUT2D eigenvalue weighted by Gasteiger charge is -2.56. The molecule has 5 nitrogen and oxygen atoms in total. The zero-order valence-corrected chi connectivity index (χ0v) is 21.0. The van der Waals surface area contributed by atoms with Crippen molar-refractivity contribution in [2.75, 3.05) is 30.3 Å². The smallest absolute Gasteiger partial charge is 0.224 e. The van der Waals surface area contributed by atoms with Crippen molar-refractivity contribution in [3.63, 3.8) is 0 Å². The Kier molecular flexibility index (Phi) is 7.10. The second-order valence-corrected chi connectivity index (χ2v) is 11.7. The van der Waals surface area contributed by atoms with Crippen LogP contribution in [0.15, 0.2) is 30.3 Å². The van der Waals surface area contributed by atoms with Gasteiger partial charge in [0.05, 0.1) is 11.2 Å². The number of nitrogens with one attached hydrogen (secondary N) is 3. The van der Waals surface area contributed by atoms with Crippen LogP contribution in [0.2, 0.25) is 0 Å². The first-order valence-electron chi connectivity index (χ1n) is 13.7. The average molecular weight is 463 g/mol.